The predicted molar refractivity (Wildman–Crippen MR) is 99.8 cm³/mol. The fourth-order valence-electron chi connectivity index (χ4n) is 2.81. The van der Waals surface area contributed by atoms with E-state index < -0.39 is 14.1 Å². The van der Waals surface area contributed by atoms with Crippen LogP contribution in [0.25, 0.3) is 0 Å². The van der Waals surface area contributed by atoms with E-state index in [0.717, 1.165) is 18.4 Å². The summed E-state index contributed by atoms with van der Waals surface area (Å²) in [5.41, 5.74) is 0.646. The van der Waals surface area contributed by atoms with E-state index >= 15 is 0 Å². The number of carbonyl (C=O) groups is 1. The second-order valence-corrected chi connectivity index (χ2v) is 7.34. The van der Waals surface area contributed by atoms with Gasteiger partial charge in [-0.3, -0.25) is 4.57 Å². The van der Waals surface area contributed by atoms with Crippen molar-refractivity contribution in [2.45, 2.75) is 38.3 Å². The highest BCUT2D eigenvalue weighted by Gasteiger charge is 2.53. The van der Waals surface area contributed by atoms with Crippen LogP contribution < -0.4 is 5.32 Å². The standard InChI is InChI=1S/C19H26NO4P/c1-3-17-14-19(17,12-8-9-13-25(22)24-4-2)20-18(21)23-15-16-10-6-5-7-11-16/h3,5-7,9-11,13,17,25H,1,4,8,12,14-15H2,2H3,(H,20,21). The summed E-state index contributed by atoms with van der Waals surface area (Å²) < 4.78 is 21.8. The van der Waals surface area contributed by atoms with Gasteiger partial charge < -0.3 is 14.6 Å². The highest BCUT2D eigenvalue weighted by atomic mass is 31.1. The topological polar surface area (TPSA) is 64.6 Å². The number of amides is 1. The second-order valence-electron chi connectivity index (χ2n) is 6.08. The molecule has 1 aliphatic rings. The van der Waals surface area contributed by atoms with Crippen molar-refractivity contribution in [3.8, 4) is 0 Å². The van der Waals surface area contributed by atoms with Gasteiger partial charge in [0.1, 0.15) is 6.61 Å². The lowest BCUT2D eigenvalue weighted by Gasteiger charge is -2.18. The van der Waals surface area contributed by atoms with E-state index in [9.17, 15) is 9.36 Å². The Morgan fingerprint density at radius 2 is 2.20 bits per heavy atom. The Labute approximate surface area is 150 Å². The molecule has 0 bridgehead atoms. The van der Waals surface area contributed by atoms with Gasteiger partial charge in [-0.25, -0.2) is 4.79 Å². The number of allylic oxidation sites excluding steroid dienone is 1. The van der Waals surface area contributed by atoms with Crippen LogP contribution in [0.1, 0.15) is 31.7 Å². The first kappa shape index (κ1) is 19.5. The normalized spacial score (nSPS) is 23.2. The molecule has 5 nitrogen and oxygen atoms in total. The number of hydrogen-bond donors (Lipinski definition) is 1. The minimum absolute atomic E-state index is 0.245. The molecule has 1 amide bonds. The first-order chi connectivity index (χ1) is 12.1. The lowest BCUT2D eigenvalue weighted by molar-refractivity contribution is 0.133. The van der Waals surface area contributed by atoms with Crippen LogP contribution in [0.15, 0.2) is 54.9 Å². The Balaban J connectivity index is 1.80. The molecular weight excluding hydrogens is 337 g/mol. The van der Waals surface area contributed by atoms with Crippen LogP contribution in [-0.4, -0.2) is 18.2 Å². The third kappa shape index (κ3) is 6.18. The van der Waals surface area contributed by atoms with Crippen molar-refractivity contribution in [3.63, 3.8) is 0 Å². The average Bonchev–Trinajstić information content (AvgIpc) is 3.31. The summed E-state index contributed by atoms with van der Waals surface area (Å²) in [6.07, 6.45) is 5.62. The fraction of sp³-hybridized carbons (Fsp3) is 0.421. The van der Waals surface area contributed by atoms with E-state index in [1.807, 2.05) is 49.4 Å². The van der Waals surface area contributed by atoms with Gasteiger partial charge in [-0.2, -0.15) is 0 Å². The monoisotopic (exact) mass is 363 g/mol. The van der Waals surface area contributed by atoms with Gasteiger partial charge in [-0.15, -0.1) is 6.58 Å². The molecule has 0 spiro atoms. The van der Waals surface area contributed by atoms with E-state index in [4.69, 9.17) is 9.26 Å². The molecule has 0 radical (unpaired) electrons. The van der Waals surface area contributed by atoms with Gasteiger partial charge in [0.2, 0.25) is 8.03 Å². The summed E-state index contributed by atoms with van der Waals surface area (Å²) >= 11 is 0. The van der Waals surface area contributed by atoms with Crippen LogP contribution in [0.5, 0.6) is 0 Å². The molecule has 1 N–H and O–H groups in total. The van der Waals surface area contributed by atoms with Crippen LogP contribution >= 0.6 is 8.03 Å². The van der Waals surface area contributed by atoms with Gasteiger partial charge >= 0.3 is 6.09 Å². The predicted octanol–water partition coefficient (Wildman–Crippen LogP) is 4.66. The SMILES string of the molecule is C=CC1CC1(CCC=C[PH](=O)OCC)NC(=O)OCc1ccccc1. The van der Waals surface area contributed by atoms with Crippen LogP contribution in [-0.2, 0) is 20.4 Å². The minimum atomic E-state index is -2.08. The molecule has 3 atom stereocenters. The van der Waals surface area contributed by atoms with Crippen molar-refractivity contribution in [2.24, 2.45) is 5.92 Å². The molecule has 6 heteroatoms. The van der Waals surface area contributed by atoms with Crippen molar-refractivity contribution in [1.82, 2.24) is 5.32 Å². The van der Waals surface area contributed by atoms with Gasteiger partial charge in [0.05, 0.1) is 12.1 Å². The Bertz CT molecular complexity index is 632. The van der Waals surface area contributed by atoms with Crippen molar-refractivity contribution in [2.75, 3.05) is 6.61 Å². The maximum Gasteiger partial charge on any atom is 0.407 e. The summed E-state index contributed by atoms with van der Waals surface area (Å²) in [6.45, 7) is 6.33. The largest absolute Gasteiger partial charge is 0.445 e. The number of alkyl carbamates (subject to hydrolysis) is 1. The van der Waals surface area contributed by atoms with E-state index in [1.54, 1.807) is 5.82 Å². The van der Waals surface area contributed by atoms with Crippen LogP contribution in [0.4, 0.5) is 4.79 Å². The number of benzene rings is 1. The molecule has 1 saturated carbocycles. The smallest absolute Gasteiger partial charge is 0.407 e. The van der Waals surface area contributed by atoms with Gasteiger partial charge in [-0.05, 0) is 37.6 Å². The van der Waals surface area contributed by atoms with Crippen LogP contribution in [0.3, 0.4) is 0 Å². The molecule has 3 unspecified atom stereocenters. The van der Waals surface area contributed by atoms with Gasteiger partial charge in [0, 0.05) is 5.92 Å². The summed E-state index contributed by atoms with van der Waals surface area (Å²) in [7, 11) is -2.08. The third-order valence-electron chi connectivity index (χ3n) is 4.28. The Morgan fingerprint density at radius 1 is 1.44 bits per heavy atom. The van der Waals surface area contributed by atoms with E-state index in [1.165, 1.54) is 0 Å². The minimum Gasteiger partial charge on any atom is -0.445 e. The zero-order valence-electron chi connectivity index (χ0n) is 14.6. The molecule has 1 aromatic rings. The van der Waals surface area contributed by atoms with Crippen molar-refractivity contribution in [1.29, 1.82) is 0 Å². The Morgan fingerprint density at radius 3 is 2.84 bits per heavy atom. The molecule has 0 saturated heterocycles. The summed E-state index contributed by atoms with van der Waals surface area (Å²) in [4.78, 5) is 12.1. The van der Waals surface area contributed by atoms with Gasteiger partial charge in [0.15, 0.2) is 0 Å². The summed E-state index contributed by atoms with van der Waals surface area (Å²) in [5, 5.41) is 2.98. The number of ether oxygens (including phenoxy) is 1. The first-order valence-electron chi connectivity index (χ1n) is 8.54. The highest BCUT2D eigenvalue weighted by Crippen LogP contribution is 2.48. The van der Waals surface area contributed by atoms with Crippen LogP contribution in [0.2, 0.25) is 0 Å². The molecule has 1 aliphatic carbocycles. The molecule has 2 rings (SSSR count). The molecular formula is C19H26NO4P. The zero-order chi connectivity index (χ0) is 18.1. The molecule has 136 valence electrons. The molecule has 0 heterocycles. The maximum atomic E-state index is 12.1. The zero-order valence-corrected chi connectivity index (χ0v) is 15.6. The number of rotatable bonds is 10. The molecule has 0 aliphatic heterocycles. The Kier molecular flexibility index (Phi) is 7.48. The molecule has 0 aromatic heterocycles. The highest BCUT2D eigenvalue weighted by molar-refractivity contribution is 7.42. The van der Waals surface area contributed by atoms with Crippen molar-refractivity contribution >= 4 is 14.1 Å². The van der Waals surface area contributed by atoms with E-state index in [0.29, 0.717) is 13.0 Å². The van der Waals surface area contributed by atoms with Crippen molar-refractivity contribution < 1.29 is 18.6 Å². The van der Waals surface area contributed by atoms with Crippen molar-refractivity contribution in [3.05, 3.63) is 60.4 Å². The molecule has 1 fully saturated rings. The van der Waals surface area contributed by atoms with Gasteiger partial charge in [-0.1, -0.05) is 42.5 Å². The fourth-order valence-corrected chi connectivity index (χ4v) is 3.55. The second kappa shape index (κ2) is 9.59. The first-order valence-corrected chi connectivity index (χ1v) is 9.93. The number of hydrogen-bond acceptors (Lipinski definition) is 4. The van der Waals surface area contributed by atoms with E-state index in [-0.39, 0.29) is 18.1 Å². The summed E-state index contributed by atoms with van der Waals surface area (Å²) in [5.74, 6) is 1.86. The molecule has 25 heavy (non-hydrogen) atoms. The summed E-state index contributed by atoms with van der Waals surface area (Å²) in [6, 6.07) is 9.57. The average molecular weight is 363 g/mol. The quantitative estimate of drug-likeness (QED) is 0.485. The molecule has 1 aromatic carbocycles. The lowest BCUT2D eigenvalue weighted by Crippen LogP contribution is -2.38. The number of carbonyl (C=O) groups excluding carboxylic acids is 1. The Hall–Kier alpha value is -1.84. The van der Waals surface area contributed by atoms with Gasteiger partial charge in [0.25, 0.3) is 0 Å². The maximum absolute atomic E-state index is 12.1. The van der Waals surface area contributed by atoms with E-state index in [2.05, 4.69) is 11.9 Å². The lowest BCUT2D eigenvalue weighted by atomic mass is 10.1. The number of nitrogens with one attached hydrogen (secondary N) is 1. The van der Waals surface area contributed by atoms with Crippen LogP contribution in [0, 0.1) is 5.92 Å². The third-order valence-corrected chi connectivity index (χ3v) is 5.36.